The van der Waals surface area contributed by atoms with Gasteiger partial charge in [-0.1, -0.05) is 27.7 Å². The van der Waals surface area contributed by atoms with Crippen molar-refractivity contribution in [1.82, 2.24) is 0 Å². The fraction of sp³-hybridized carbons (Fsp3) is 0.667. The van der Waals surface area contributed by atoms with Crippen molar-refractivity contribution in [1.29, 1.82) is 5.26 Å². The first-order valence-electron chi connectivity index (χ1n) is 5.26. The van der Waals surface area contributed by atoms with Crippen LogP contribution in [0.1, 0.15) is 34.6 Å². The lowest BCUT2D eigenvalue weighted by Gasteiger charge is -2.17. The number of allylic oxidation sites excluding steroid dienone is 1. The van der Waals surface area contributed by atoms with Crippen molar-refractivity contribution in [2.24, 2.45) is 11.8 Å². The minimum absolute atomic E-state index is 0.168. The number of nitrogens with zero attached hydrogens (tertiary/aromatic N) is 1. The first-order chi connectivity index (χ1) is 6.95. The van der Waals surface area contributed by atoms with E-state index in [1.165, 1.54) is 0 Å². The molecule has 0 spiro atoms. The van der Waals surface area contributed by atoms with Gasteiger partial charge in [-0.2, -0.15) is 5.26 Å². The fourth-order valence-electron chi connectivity index (χ4n) is 1.68. The van der Waals surface area contributed by atoms with E-state index in [0.29, 0.717) is 6.61 Å². The van der Waals surface area contributed by atoms with Crippen molar-refractivity contribution < 1.29 is 9.53 Å². The predicted octanol–water partition coefficient (Wildman–Crippen LogP) is 2.68. The fourth-order valence-corrected chi connectivity index (χ4v) is 1.68. The molecule has 0 heterocycles. The number of hydrogen-bond donors (Lipinski definition) is 0. The maximum absolute atomic E-state index is 11.5. The van der Waals surface area contributed by atoms with Gasteiger partial charge < -0.3 is 4.74 Å². The monoisotopic (exact) mass is 209 g/mol. The molecule has 0 saturated heterocycles. The molecule has 0 bridgehead atoms. The molecule has 0 radical (unpaired) electrons. The second kappa shape index (κ2) is 6.23. The van der Waals surface area contributed by atoms with Crippen LogP contribution in [0.3, 0.4) is 0 Å². The topological polar surface area (TPSA) is 50.1 Å². The molecule has 0 aromatic carbocycles. The van der Waals surface area contributed by atoms with Crippen LogP contribution in [0.5, 0.6) is 0 Å². The summed E-state index contributed by atoms with van der Waals surface area (Å²) in [6.45, 7) is 9.94. The lowest BCUT2D eigenvalue weighted by molar-refractivity contribution is -0.138. The third kappa shape index (κ3) is 3.75. The van der Waals surface area contributed by atoms with Gasteiger partial charge in [-0.3, -0.25) is 0 Å². The van der Waals surface area contributed by atoms with Crippen LogP contribution in [0.4, 0.5) is 0 Å². The van der Waals surface area contributed by atoms with Crippen molar-refractivity contribution in [2.75, 3.05) is 6.61 Å². The van der Waals surface area contributed by atoms with Crippen molar-refractivity contribution in [3.05, 3.63) is 11.1 Å². The third-order valence-electron chi connectivity index (χ3n) is 2.12. The van der Waals surface area contributed by atoms with E-state index in [0.717, 1.165) is 5.57 Å². The molecule has 0 unspecified atom stereocenters. The number of esters is 1. The van der Waals surface area contributed by atoms with Gasteiger partial charge in [0.15, 0.2) is 0 Å². The summed E-state index contributed by atoms with van der Waals surface area (Å²) in [6.07, 6.45) is 0. The Morgan fingerprint density at radius 3 is 2.00 bits per heavy atom. The number of hydrogen-bond acceptors (Lipinski definition) is 3. The second-order valence-electron chi connectivity index (χ2n) is 3.97. The molecular weight excluding hydrogens is 190 g/mol. The molecule has 0 aromatic rings. The highest BCUT2D eigenvalue weighted by Crippen LogP contribution is 2.23. The standard InChI is InChI=1S/C12H19NO2/c1-6-15-12(14)10(7-13)11(8(2)3)9(4)5/h8-9H,6H2,1-5H3. The molecule has 0 aliphatic carbocycles. The highest BCUT2D eigenvalue weighted by molar-refractivity contribution is 5.93. The molecule has 0 saturated carbocycles. The van der Waals surface area contributed by atoms with Gasteiger partial charge >= 0.3 is 5.97 Å². The zero-order valence-electron chi connectivity index (χ0n) is 10.1. The maximum Gasteiger partial charge on any atom is 0.348 e. The average molecular weight is 209 g/mol. The van der Waals surface area contributed by atoms with Crippen LogP contribution in [0, 0.1) is 23.2 Å². The summed E-state index contributed by atoms with van der Waals surface area (Å²) in [5, 5.41) is 8.98. The van der Waals surface area contributed by atoms with Crippen molar-refractivity contribution in [2.45, 2.75) is 34.6 Å². The molecule has 0 amide bonds. The Labute approximate surface area is 91.7 Å². The summed E-state index contributed by atoms with van der Waals surface area (Å²) in [5.74, 6) is -0.134. The van der Waals surface area contributed by atoms with Gasteiger partial charge in [-0.05, 0) is 24.3 Å². The van der Waals surface area contributed by atoms with Gasteiger partial charge in [0, 0.05) is 0 Å². The highest BCUT2D eigenvalue weighted by atomic mass is 16.5. The maximum atomic E-state index is 11.5. The first-order valence-corrected chi connectivity index (χ1v) is 5.26. The Bertz CT molecular complexity index is 285. The number of rotatable bonds is 4. The van der Waals surface area contributed by atoms with Crippen LogP contribution < -0.4 is 0 Å². The Hall–Kier alpha value is -1.30. The van der Waals surface area contributed by atoms with Crippen LogP contribution in [-0.2, 0) is 9.53 Å². The first kappa shape index (κ1) is 13.7. The molecular formula is C12H19NO2. The number of nitriles is 1. The van der Waals surface area contributed by atoms with E-state index in [1.807, 2.05) is 33.8 Å². The summed E-state index contributed by atoms with van der Waals surface area (Å²) in [5.41, 5.74) is 1.04. The second-order valence-corrected chi connectivity index (χ2v) is 3.97. The lowest BCUT2D eigenvalue weighted by Crippen LogP contribution is -2.14. The molecule has 84 valence electrons. The van der Waals surface area contributed by atoms with Crippen molar-refractivity contribution in [3.8, 4) is 6.07 Å². The van der Waals surface area contributed by atoms with E-state index in [4.69, 9.17) is 10.00 Å². The molecule has 3 heteroatoms. The molecule has 0 fully saturated rings. The van der Waals surface area contributed by atoms with Crippen LogP contribution in [0.2, 0.25) is 0 Å². The highest BCUT2D eigenvalue weighted by Gasteiger charge is 2.20. The van der Waals surface area contributed by atoms with Crippen LogP contribution >= 0.6 is 0 Å². The Morgan fingerprint density at radius 2 is 1.73 bits per heavy atom. The van der Waals surface area contributed by atoms with Gasteiger partial charge in [0.05, 0.1) is 6.61 Å². The van der Waals surface area contributed by atoms with E-state index in [2.05, 4.69) is 0 Å². The summed E-state index contributed by atoms with van der Waals surface area (Å²) in [7, 11) is 0. The molecule has 3 nitrogen and oxygen atoms in total. The number of carbonyl (C=O) groups is 1. The van der Waals surface area contributed by atoms with E-state index >= 15 is 0 Å². The minimum atomic E-state index is -0.502. The van der Waals surface area contributed by atoms with E-state index < -0.39 is 5.97 Å². The van der Waals surface area contributed by atoms with Gasteiger partial charge in [-0.25, -0.2) is 4.79 Å². The molecule has 0 aliphatic heterocycles. The molecule has 0 aliphatic rings. The van der Waals surface area contributed by atoms with E-state index in [9.17, 15) is 4.79 Å². The molecule has 0 N–H and O–H groups in total. The van der Waals surface area contributed by atoms with Gasteiger partial charge in [0.25, 0.3) is 0 Å². The van der Waals surface area contributed by atoms with E-state index in [-0.39, 0.29) is 17.4 Å². The molecule has 15 heavy (non-hydrogen) atoms. The number of ether oxygens (including phenoxy) is 1. The summed E-state index contributed by atoms with van der Waals surface area (Å²) in [4.78, 5) is 11.5. The molecule has 0 atom stereocenters. The van der Waals surface area contributed by atoms with Crippen molar-refractivity contribution >= 4 is 5.97 Å². The quantitative estimate of drug-likeness (QED) is 0.406. The average Bonchev–Trinajstić information content (AvgIpc) is 2.12. The van der Waals surface area contributed by atoms with Crippen molar-refractivity contribution in [3.63, 3.8) is 0 Å². The van der Waals surface area contributed by atoms with Crippen LogP contribution in [-0.4, -0.2) is 12.6 Å². The van der Waals surface area contributed by atoms with Crippen LogP contribution in [0.25, 0.3) is 0 Å². The zero-order valence-corrected chi connectivity index (χ0v) is 10.1. The zero-order chi connectivity index (χ0) is 12.0. The summed E-state index contributed by atoms with van der Waals surface area (Å²) < 4.78 is 4.86. The van der Waals surface area contributed by atoms with Gasteiger partial charge in [0.2, 0.25) is 0 Å². The SMILES string of the molecule is CCOC(=O)C(C#N)=C(C(C)C)C(C)C. The lowest BCUT2D eigenvalue weighted by atomic mass is 9.88. The minimum Gasteiger partial charge on any atom is -0.462 e. The van der Waals surface area contributed by atoms with E-state index in [1.54, 1.807) is 6.92 Å². The Kier molecular flexibility index (Phi) is 5.69. The summed E-state index contributed by atoms with van der Waals surface area (Å²) in [6, 6.07) is 1.95. The van der Waals surface area contributed by atoms with Gasteiger partial charge in [-0.15, -0.1) is 0 Å². The van der Waals surface area contributed by atoms with Crippen LogP contribution in [0.15, 0.2) is 11.1 Å². The molecule has 0 rings (SSSR count). The van der Waals surface area contributed by atoms with Gasteiger partial charge in [0.1, 0.15) is 11.6 Å². The largest absolute Gasteiger partial charge is 0.462 e. The third-order valence-corrected chi connectivity index (χ3v) is 2.12. The smallest absolute Gasteiger partial charge is 0.348 e. The summed E-state index contributed by atoms with van der Waals surface area (Å²) >= 11 is 0. The predicted molar refractivity (Wildman–Crippen MR) is 58.9 cm³/mol. The normalized spacial score (nSPS) is 10.0. The Balaban J connectivity index is 5.26. The number of carbonyl (C=O) groups excluding carboxylic acids is 1. The molecule has 0 aromatic heterocycles. The Morgan fingerprint density at radius 1 is 1.27 bits per heavy atom.